The Hall–Kier alpha value is -2.86. The molecule has 0 aromatic heterocycles. The number of amides is 2. The first kappa shape index (κ1) is 20.9. The van der Waals surface area contributed by atoms with Gasteiger partial charge < -0.3 is 20.3 Å². The predicted octanol–water partition coefficient (Wildman–Crippen LogP) is 2.58. The molecule has 3 rings (SSSR count). The third kappa shape index (κ3) is 4.59. The second-order valence-electron chi connectivity index (χ2n) is 7.48. The maximum Gasteiger partial charge on any atom is 0.249 e. The Balaban J connectivity index is 1.96. The molecule has 0 fully saturated rings. The number of anilines is 1. The Bertz CT molecular complexity index is 897. The molecule has 29 heavy (non-hydrogen) atoms. The lowest BCUT2D eigenvalue weighted by atomic mass is 10.1. The average molecular weight is 396 g/mol. The summed E-state index contributed by atoms with van der Waals surface area (Å²) in [6, 6.07) is 13.0. The summed E-state index contributed by atoms with van der Waals surface area (Å²) >= 11 is 0. The predicted molar refractivity (Wildman–Crippen MR) is 114 cm³/mol. The van der Waals surface area contributed by atoms with Crippen molar-refractivity contribution in [3.8, 4) is 5.75 Å². The minimum atomic E-state index is -0.568. The summed E-state index contributed by atoms with van der Waals surface area (Å²) < 4.78 is 5.52. The molecule has 0 saturated carbocycles. The highest BCUT2D eigenvalue weighted by Crippen LogP contribution is 2.31. The average Bonchev–Trinajstić information content (AvgIpc) is 2.85. The number of hydrogen-bond acceptors (Lipinski definition) is 4. The molecular formula is C23H29N3O3. The van der Waals surface area contributed by atoms with E-state index in [2.05, 4.69) is 10.6 Å². The van der Waals surface area contributed by atoms with E-state index in [0.717, 1.165) is 34.5 Å². The highest BCUT2D eigenvalue weighted by molar-refractivity contribution is 6.00. The normalized spacial score (nSPS) is 17.3. The SMILES string of the molecule is CNC(C)C(=O)NC1CCc2ccccc2N(Cc2cc(C)ccc2OC)C1=O. The first-order valence-electron chi connectivity index (χ1n) is 9.95. The molecule has 1 aliphatic heterocycles. The zero-order chi connectivity index (χ0) is 21.0. The molecule has 0 saturated heterocycles. The van der Waals surface area contributed by atoms with Crippen molar-refractivity contribution in [3.05, 3.63) is 59.2 Å². The van der Waals surface area contributed by atoms with Gasteiger partial charge in [0.1, 0.15) is 11.8 Å². The number of benzene rings is 2. The molecule has 0 radical (unpaired) electrons. The number of aryl methyl sites for hydroxylation is 2. The Morgan fingerprint density at radius 2 is 2.03 bits per heavy atom. The number of carbonyl (C=O) groups excluding carboxylic acids is 2. The Morgan fingerprint density at radius 3 is 2.76 bits per heavy atom. The molecule has 0 bridgehead atoms. The van der Waals surface area contributed by atoms with Crippen LogP contribution < -0.4 is 20.3 Å². The van der Waals surface area contributed by atoms with E-state index in [1.165, 1.54) is 0 Å². The van der Waals surface area contributed by atoms with E-state index >= 15 is 0 Å². The molecular weight excluding hydrogens is 366 g/mol. The second-order valence-corrected chi connectivity index (χ2v) is 7.48. The van der Waals surface area contributed by atoms with Gasteiger partial charge in [-0.25, -0.2) is 0 Å². The fraction of sp³-hybridized carbons (Fsp3) is 0.391. The third-order valence-corrected chi connectivity index (χ3v) is 5.46. The lowest BCUT2D eigenvalue weighted by Gasteiger charge is -2.27. The van der Waals surface area contributed by atoms with E-state index in [1.54, 1.807) is 26.0 Å². The number of methoxy groups -OCH3 is 1. The van der Waals surface area contributed by atoms with Crippen LogP contribution in [0.15, 0.2) is 42.5 Å². The molecule has 0 aliphatic carbocycles. The van der Waals surface area contributed by atoms with Crippen LogP contribution in [0.3, 0.4) is 0 Å². The van der Waals surface area contributed by atoms with Gasteiger partial charge in [0.15, 0.2) is 0 Å². The molecule has 6 nitrogen and oxygen atoms in total. The number of nitrogens with zero attached hydrogens (tertiary/aromatic N) is 1. The number of para-hydroxylation sites is 1. The highest BCUT2D eigenvalue weighted by atomic mass is 16.5. The second kappa shape index (κ2) is 9.09. The van der Waals surface area contributed by atoms with E-state index in [4.69, 9.17) is 4.74 Å². The standard InChI is InChI=1S/C23H29N3O3/c1-15-9-12-21(29-4)18(13-15)14-26-20-8-6-5-7-17(20)10-11-19(23(26)28)25-22(27)16(2)24-3/h5-9,12-13,16,19,24H,10-11,14H2,1-4H3,(H,25,27). The Morgan fingerprint density at radius 1 is 1.28 bits per heavy atom. The van der Waals surface area contributed by atoms with E-state index in [0.29, 0.717) is 13.0 Å². The molecule has 1 heterocycles. The molecule has 2 amide bonds. The summed E-state index contributed by atoms with van der Waals surface area (Å²) in [4.78, 5) is 27.7. The molecule has 0 spiro atoms. The molecule has 1 aliphatic rings. The van der Waals surface area contributed by atoms with Crippen molar-refractivity contribution < 1.29 is 14.3 Å². The van der Waals surface area contributed by atoms with Gasteiger partial charge in [0, 0.05) is 11.3 Å². The monoisotopic (exact) mass is 395 g/mol. The van der Waals surface area contributed by atoms with Crippen molar-refractivity contribution in [2.75, 3.05) is 19.1 Å². The summed E-state index contributed by atoms with van der Waals surface area (Å²) in [6.45, 7) is 4.18. The molecule has 154 valence electrons. The van der Waals surface area contributed by atoms with E-state index in [-0.39, 0.29) is 17.9 Å². The number of nitrogens with one attached hydrogen (secondary N) is 2. The minimum absolute atomic E-state index is 0.102. The van der Waals surface area contributed by atoms with E-state index in [9.17, 15) is 9.59 Å². The van der Waals surface area contributed by atoms with Crippen molar-refractivity contribution in [1.82, 2.24) is 10.6 Å². The number of fused-ring (bicyclic) bond motifs is 1. The van der Waals surface area contributed by atoms with E-state index < -0.39 is 6.04 Å². The van der Waals surface area contributed by atoms with Crippen molar-refractivity contribution in [2.24, 2.45) is 0 Å². The van der Waals surface area contributed by atoms with Crippen LogP contribution in [0.5, 0.6) is 5.75 Å². The Labute approximate surface area is 172 Å². The fourth-order valence-electron chi connectivity index (χ4n) is 3.64. The van der Waals surface area contributed by atoms with Crippen molar-refractivity contribution in [2.45, 2.75) is 45.3 Å². The van der Waals surface area contributed by atoms with Gasteiger partial charge in [0.2, 0.25) is 11.8 Å². The van der Waals surface area contributed by atoms with Gasteiger partial charge in [-0.3, -0.25) is 9.59 Å². The lowest BCUT2D eigenvalue weighted by molar-refractivity contribution is -0.128. The van der Waals surface area contributed by atoms with Crippen LogP contribution in [0.25, 0.3) is 0 Å². The van der Waals surface area contributed by atoms with Crippen LogP contribution >= 0.6 is 0 Å². The summed E-state index contributed by atoms with van der Waals surface area (Å²) in [5.74, 6) is 0.467. The van der Waals surface area contributed by atoms with Crippen LogP contribution in [-0.2, 0) is 22.6 Å². The molecule has 2 aromatic rings. The molecule has 2 aromatic carbocycles. The van der Waals surface area contributed by atoms with Gasteiger partial charge >= 0.3 is 0 Å². The van der Waals surface area contributed by atoms with Crippen LogP contribution in [0.1, 0.15) is 30.0 Å². The van der Waals surface area contributed by atoms with Gasteiger partial charge in [0.25, 0.3) is 0 Å². The maximum absolute atomic E-state index is 13.5. The lowest BCUT2D eigenvalue weighted by Crippen LogP contribution is -2.52. The van der Waals surface area contributed by atoms with Crippen LogP contribution in [0.4, 0.5) is 5.69 Å². The summed E-state index contributed by atoms with van der Waals surface area (Å²) in [6.07, 6.45) is 1.29. The molecule has 2 unspecified atom stereocenters. The number of ether oxygens (including phenoxy) is 1. The quantitative estimate of drug-likeness (QED) is 0.789. The maximum atomic E-state index is 13.5. The summed E-state index contributed by atoms with van der Waals surface area (Å²) in [5.41, 5.74) is 4.03. The number of carbonyl (C=O) groups is 2. The van der Waals surface area contributed by atoms with Crippen molar-refractivity contribution >= 4 is 17.5 Å². The van der Waals surface area contributed by atoms with Crippen LogP contribution in [0, 0.1) is 6.92 Å². The van der Waals surface area contributed by atoms with Crippen molar-refractivity contribution in [3.63, 3.8) is 0 Å². The van der Waals surface area contributed by atoms with Gasteiger partial charge in [-0.15, -0.1) is 0 Å². The van der Waals surface area contributed by atoms with Crippen molar-refractivity contribution in [1.29, 1.82) is 0 Å². The number of rotatable bonds is 6. The third-order valence-electron chi connectivity index (χ3n) is 5.46. The van der Waals surface area contributed by atoms with Crippen LogP contribution in [-0.4, -0.2) is 38.1 Å². The number of likely N-dealkylation sites (N-methyl/N-ethyl adjacent to an activating group) is 1. The molecule has 2 atom stereocenters. The molecule has 6 heteroatoms. The summed E-state index contributed by atoms with van der Waals surface area (Å²) in [7, 11) is 3.36. The van der Waals surface area contributed by atoms with E-state index in [1.807, 2.05) is 49.4 Å². The summed E-state index contributed by atoms with van der Waals surface area (Å²) in [5, 5.41) is 5.85. The zero-order valence-electron chi connectivity index (χ0n) is 17.5. The van der Waals surface area contributed by atoms with Gasteiger partial charge in [-0.2, -0.15) is 0 Å². The molecule has 2 N–H and O–H groups in total. The zero-order valence-corrected chi connectivity index (χ0v) is 17.5. The minimum Gasteiger partial charge on any atom is -0.496 e. The smallest absolute Gasteiger partial charge is 0.249 e. The largest absolute Gasteiger partial charge is 0.496 e. The van der Waals surface area contributed by atoms with Crippen LogP contribution in [0.2, 0.25) is 0 Å². The topological polar surface area (TPSA) is 70.7 Å². The Kier molecular flexibility index (Phi) is 6.54. The fourth-order valence-corrected chi connectivity index (χ4v) is 3.64. The van der Waals surface area contributed by atoms with Gasteiger partial charge in [-0.05, 0) is 51.4 Å². The highest BCUT2D eigenvalue weighted by Gasteiger charge is 2.32. The van der Waals surface area contributed by atoms with Gasteiger partial charge in [-0.1, -0.05) is 35.9 Å². The van der Waals surface area contributed by atoms with Gasteiger partial charge in [0.05, 0.1) is 19.7 Å². The first-order valence-corrected chi connectivity index (χ1v) is 9.95. The number of hydrogen-bond donors (Lipinski definition) is 2. The first-order chi connectivity index (χ1) is 13.9.